The van der Waals surface area contributed by atoms with Crippen LogP contribution in [-0.4, -0.2) is 53.5 Å². The Morgan fingerprint density at radius 3 is 1.90 bits per heavy atom. The van der Waals surface area contributed by atoms with E-state index in [1.807, 2.05) is 0 Å². The van der Waals surface area contributed by atoms with Crippen molar-refractivity contribution in [3.05, 3.63) is 68.6 Å². The van der Waals surface area contributed by atoms with Crippen molar-refractivity contribution in [1.82, 2.24) is 9.97 Å². The van der Waals surface area contributed by atoms with Gasteiger partial charge in [-0.05, 0) is 0 Å². The van der Waals surface area contributed by atoms with Gasteiger partial charge in [-0.15, -0.1) is 0 Å². The fourth-order valence-corrected chi connectivity index (χ4v) is 3.98. The molecule has 2 atom stereocenters. The number of nitrogens with zero attached hydrogens (tertiary/aromatic N) is 4. The van der Waals surface area contributed by atoms with Gasteiger partial charge >= 0.3 is 180 Å². The summed E-state index contributed by atoms with van der Waals surface area (Å²) in [6.07, 6.45) is 0.974. The van der Waals surface area contributed by atoms with Gasteiger partial charge in [-0.2, -0.15) is 0 Å². The SMILES string of the molecule is O=[N+]([O-])c1ccc(Nc2ncc(F)c(Nc3ccc([N+](=O)[O-])c([AsH2])c3)n2)cc1[AsH2]. The molecular weight excluding hydrogens is 509 g/mol. The van der Waals surface area contributed by atoms with Crippen LogP contribution in [0, 0.1) is 26.0 Å². The van der Waals surface area contributed by atoms with Crippen molar-refractivity contribution in [2.75, 3.05) is 10.6 Å². The van der Waals surface area contributed by atoms with Gasteiger partial charge in [0.1, 0.15) is 0 Å². The molecule has 0 radical (unpaired) electrons. The molecule has 29 heavy (non-hydrogen) atoms. The first kappa shape index (κ1) is 20.7. The molecular formula is C16H13As2FN6O4. The number of hydrogen-bond donors (Lipinski definition) is 2. The van der Waals surface area contributed by atoms with Gasteiger partial charge in [-0.25, -0.2) is 0 Å². The quantitative estimate of drug-likeness (QED) is 0.271. The molecule has 0 fully saturated rings. The fraction of sp³-hybridized carbons (Fsp3) is 0. The summed E-state index contributed by atoms with van der Waals surface area (Å²) in [6.45, 7) is 0. The minimum absolute atomic E-state index is 0.00747. The maximum atomic E-state index is 14.1. The van der Waals surface area contributed by atoms with Crippen molar-refractivity contribution in [2.45, 2.75) is 0 Å². The zero-order chi connectivity index (χ0) is 21.1. The van der Waals surface area contributed by atoms with Crippen molar-refractivity contribution < 1.29 is 14.2 Å². The Kier molecular flexibility index (Phi) is 6.10. The van der Waals surface area contributed by atoms with Crippen LogP contribution in [0.15, 0.2) is 42.6 Å². The number of halogens is 1. The van der Waals surface area contributed by atoms with E-state index < -0.39 is 15.7 Å². The van der Waals surface area contributed by atoms with Crippen LogP contribution >= 0.6 is 0 Å². The van der Waals surface area contributed by atoms with Crippen LogP contribution in [0.3, 0.4) is 0 Å². The average Bonchev–Trinajstić information content (AvgIpc) is 2.64. The van der Waals surface area contributed by atoms with Gasteiger partial charge in [-0.3, -0.25) is 0 Å². The summed E-state index contributed by atoms with van der Waals surface area (Å²) in [7, 11) is 0. The summed E-state index contributed by atoms with van der Waals surface area (Å²) in [5.41, 5.74) is 0.943. The van der Waals surface area contributed by atoms with Crippen molar-refractivity contribution in [3.63, 3.8) is 0 Å². The molecule has 1 heterocycles. The van der Waals surface area contributed by atoms with Gasteiger partial charge in [0.25, 0.3) is 0 Å². The summed E-state index contributed by atoms with van der Waals surface area (Å²) in [4.78, 5) is 28.8. The molecule has 13 heteroatoms. The number of benzene rings is 2. The second-order valence-corrected chi connectivity index (χ2v) is 8.31. The molecule has 0 spiro atoms. The summed E-state index contributed by atoms with van der Waals surface area (Å²) < 4.78 is 15.1. The van der Waals surface area contributed by atoms with E-state index in [1.165, 1.54) is 30.3 Å². The van der Waals surface area contributed by atoms with Crippen LogP contribution in [0.2, 0.25) is 0 Å². The third-order valence-corrected chi connectivity index (χ3v) is 5.65. The van der Waals surface area contributed by atoms with E-state index in [0.717, 1.165) is 39.9 Å². The molecule has 148 valence electrons. The molecule has 3 aromatic rings. The van der Waals surface area contributed by atoms with Crippen molar-refractivity contribution in [1.29, 1.82) is 0 Å². The number of hydrogen-bond acceptors (Lipinski definition) is 8. The van der Waals surface area contributed by atoms with Gasteiger partial charge in [0.05, 0.1) is 0 Å². The molecule has 0 saturated carbocycles. The Morgan fingerprint density at radius 1 is 0.897 bits per heavy atom. The van der Waals surface area contributed by atoms with E-state index in [4.69, 9.17) is 0 Å². The third kappa shape index (κ3) is 4.88. The molecule has 0 aliphatic carbocycles. The van der Waals surface area contributed by atoms with Crippen molar-refractivity contribution >= 4 is 76.9 Å². The van der Waals surface area contributed by atoms with Crippen LogP contribution in [0.1, 0.15) is 0 Å². The second-order valence-electron chi connectivity index (χ2n) is 5.70. The van der Waals surface area contributed by atoms with Gasteiger partial charge in [0.15, 0.2) is 0 Å². The van der Waals surface area contributed by atoms with E-state index in [2.05, 4.69) is 20.6 Å². The standard InChI is InChI=1S/C16H13As2FN6O4/c17-10-5-8(1-3-13(10)24(26)27)21-15-12(19)7-20-16(23-15)22-9-2-4-14(25(28)29)11(18)6-9/h1-7H,17-18H2,(H2,20,21,22,23). The first-order chi connectivity index (χ1) is 13.7. The maximum absolute atomic E-state index is 14.1. The van der Waals surface area contributed by atoms with Gasteiger partial charge < -0.3 is 0 Å². The topological polar surface area (TPSA) is 136 Å². The van der Waals surface area contributed by atoms with Crippen LogP contribution in [-0.2, 0) is 0 Å². The molecule has 0 saturated heterocycles. The average molecular weight is 522 g/mol. The predicted octanol–water partition coefficient (Wildman–Crippen LogP) is 0.436. The Bertz CT molecular complexity index is 1130. The second kappa shape index (κ2) is 8.55. The van der Waals surface area contributed by atoms with Gasteiger partial charge in [-0.1, -0.05) is 0 Å². The van der Waals surface area contributed by atoms with Crippen LogP contribution < -0.4 is 19.3 Å². The number of nitro groups is 2. The fourth-order valence-electron chi connectivity index (χ4n) is 2.38. The third-order valence-electron chi connectivity index (χ3n) is 3.71. The molecule has 1 aromatic heterocycles. The number of aromatic nitrogens is 2. The van der Waals surface area contributed by atoms with E-state index in [0.29, 0.717) is 20.1 Å². The van der Waals surface area contributed by atoms with Gasteiger partial charge in [0, 0.05) is 0 Å². The van der Waals surface area contributed by atoms with Crippen LogP contribution in [0.25, 0.3) is 0 Å². The molecule has 2 aromatic carbocycles. The summed E-state index contributed by atoms with van der Waals surface area (Å²) in [5.74, 6) is -0.746. The number of nitro benzene ring substituents is 2. The van der Waals surface area contributed by atoms with Crippen LogP contribution in [0.5, 0.6) is 0 Å². The monoisotopic (exact) mass is 522 g/mol. The summed E-state index contributed by atoms with van der Waals surface area (Å²) in [5, 5.41) is 27.5. The molecule has 2 N–H and O–H groups in total. The molecule has 10 nitrogen and oxygen atoms in total. The molecule has 0 amide bonds. The zero-order valence-electron chi connectivity index (χ0n) is 14.5. The number of anilines is 4. The molecule has 2 unspecified atom stereocenters. The Morgan fingerprint density at radius 2 is 1.41 bits per heavy atom. The van der Waals surface area contributed by atoms with E-state index in [-0.39, 0.29) is 23.1 Å². The Balaban J connectivity index is 1.83. The van der Waals surface area contributed by atoms with Crippen molar-refractivity contribution in [3.8, 4) is 0 Å². The Labute approximate surface area is 180 Å². The van der Waals surface area contributed by atoms with E-state index >= 15 is 0 Å². The van der Waals surface area contributed by atoms with Gasteiger partial charge in [0.2, 0.25) is 0 Å². The Hall–Kier alpha value is -3.03. The normalized spacial score (nSPS) is 10.4. The molecule has 0 aliphatic heterocycles. The predicted molar refractivity (Wildman–Crippen MR) is 111 cm³/mol. The molecule has 3 rings (SSSR count). The molecule has 0 aliphatic rings. The first-order valence-corrected chi connectivity index (χ1v) is 10.3. The minimum atomic E-state index is -0.708. The zero-order valence-corrected chi connectivity index (χ0v) is 19.3. The summed E-state index contributed by atoms with van der Waals surface area (Å²) in [6, 6.07) is 8.78. The first-order valence-electron chi connectivity index (χ1n) is 7.89. The molecule has 0 bridgehead atoms. The number of nitrogens with one attached hydrogen (secondary N) is 2. The van der Waals surface area contributed by atoms with E-state index in [9.17, 15) is 24.6 Å². The van der Waals surface area contributed by atoms with E-state index in [1.54, 1.807) is 6.07 Å². The van der Waals surface area contributed by atoms with Crippen LogP contribution in [0.4, 0.5) is 38.9 Å². The summed E-state index contributed by atoms with van der Waals surface area (Å²) >= 11 is 2.16. The number of rotatable bonds is 6. The van der Waals surface area contributed by atoms with Crippen molar-refractivity contribution in [2.24, 2.45) is 0 Å².